The van der Waals surface area contributed by atoms with Gasteiger partial charge in [-0.15, -0.1) is 0 Å². The number of imidazole rings is 1. The number of amides is 2. The third kappa shape index (κ3) is 6.29. The second kappa shape index (κ2) is 12.0. The molecule has 0 atom stereocenters. The van der Waals surface area contributed by atoms with Gasteiger partial charge in [0, 0.05) is 24.0 Å². The van der Waals surface area contributed by atoms with Gasteiger partial charge in [0.25, 0.3) is 11.5 Å². The molecule has 2 amide bonds. The Hall–Kier alpha value is -5.00. The van der Waals surface area contributed by atoms with Gasteiger partial charge in [0.15, 0.2) is 0 Å². The summed E-state index contributed by atoms with van der Waals surface area (Å²) in [5.41, 5.74) is 5.94. The Morgan fingerprint density at radius 3 is 2.46 bits per heavy atom. The predicted octanol–water partition coefficient (Wildman–Crippen LogP) is 2.74. The first kappa shape index (κ1) is 27.0. The van der Waals surface area contributed by atoms with Crippen molar-refractivity contribution in [2.75, 3.05) is 16.4 Å². The molecule has 2 heterocycles. The first-order valence-corrected chi connectivity index (χ1v) is 12.3. The predicted molar refractivity (Wildman–Crippen MR) is 145 cm³/mol. The minimum absolute atomic E-state index is 0.103. The summed E-state index contributed by atoms with van der Waals surface area (Å²) in [6.45, 7) is 1.85. The van der Waals surface area contributed by atoms with Crippen LogP contribution in [0.4, 0.5) is 21.6 Å². The third-order valence-electron chi connectivity index (χ3n) is 6.06. The van der Waals surface area contributed by atoms with Gasteiger partial charge in [-0.2, -0.15) is 0 Å². The number of halogens is 1. The molecule has 0 aliphatic rings. The maximum atomic E-state index is 14.3. The number of nitrogen functional groups attached to an aromatic ring is 1. The standard InChI is InChI=1S/C27H28FN7O4/c1-2-3-12-34-24(29)23(26(38)35(27(34)39)15-18-6-4-5-7-20(18)28)33-22(36)13-17-8-10-19(11-9-17)32-25(37)21-14-30-16-31-21/h4-11,14,16H,2-3,12-13,15,29H2,1H3,(H,30,31)(H,32,37)(H,33,36). The van der Waals surface area contributed by atoms with Crippen molar-refractivity contribution in [3.63, 3.8) is 0 Å². The zero-order valence-electron chi connectivity index (χ0n) is 21.2. The van der Waals surface area contributed by atoms with E-state index in [1.54, 1.807) is 30.3 Å². The molecule has 0 aliphatic carbocycles. The Morgan fingerprint density at radius 1 is 1.05 bits per heavy atom. The van der Waals surface area contributed by atoms with E-state index in [2.05, 4.69) is 20.6 Å². The molecule has 11 nitrogen and oxygen atoms in total. The Morgan fingerprint density at radius 2 is 1.79 bits per heavy atom. The van der Waals surface area contributed by atoms with Gasteiger partial charge < -0.3 is 21.4 Å². The lowest BCUT2D eigenvalue weighted by atomic mass is 10.1. The van der Waals surface area contributed by atoms with E-state index in [-0.39, 0.29) is 48.2 Å². The van der Waals surface area contributed by atoms with Crippen molar-refractivity contribution >= 4 is 29.0 Å². The topological polar surface area (TPSA) is 157 Å². The van der Waals surface area contributed by atoms with E-state index in [0.29, 0.717) is 17.7 Å². The summed E-state index contributed by atoms with van der Waals surface area (Å²) in [6.07, 6.45) is 4.13. The van der Waals surface area contributed by atoms with Crippen LogP contribution in [0.1, 0.15) is 41.4 Å². The van der Waals surface area contributed by atoms with Crippen LogP contribution in [0, 0.1) is 5.82 Å². The van der Waals surface area contributed by atoms with Crippen LogP contribution in [0.15, 0.2) is 70.6 Å². The smallest absolute Gasteiger partial charge is 0.332 e. The third-order valence-corrected chi connectivity index (χ3v) is 6.06. The average molecular weight is 534 g/mol. The van der Waals surface area contributed by atoms with Crippen LogP contribution in [-0.2, 0) is 24.3 Å². The second-order valence-corrected chi connectivity index (χ2v) is 8.86. The van der Waals surface area contributed by atoms with Gasteiger partial charge >= 0.3 is 5.69 Å². The summed E-state index contributed by atoms with van der Waals surface area (Å²) in [5, 5.41) is 5.24. The summed E-state index contributed by atoms with van der Waals surface area (Å²) in [6, 6.07) is 12.4. The minimum atomic E-state index is -0.821. The second-order valence-electron chi connectivity index (χ2n) is 8.86. The van der Waals surface area contributed by atoms with Gasteiger partial charge in [-0.25, -0.2) is 14.2 Å². The molecule has 0 fully saturated rings. The molecular weight excluding hydrogens is 505 g/mol. The number of aromatic amines is 1. The van der Waals surface area contributed by atoms with E-state index < -0.39 is 23.0 Å². The van der Waals surface area contributed by atoms with Crippen LogP contribution in [-0.4, -0.2) is 30.9 Å². The van der Waals surface area contributed by atoms with Crippen molar-refractivity contribution in [2.24, 2.45) is 0 Å². The molecule has 202 valence electrons. The number of hydrogen-bond donors (Lipinski definition) is 4. The number of aromatic nitrogens is 4. The van der Waals surface area contributed by atoms with Crippen molar-refractivity contribution < 1.29 is 14.0 Å². The zero-order valence-corrected chi connectivity index (χ0v) is 21.2. The van der Waals surface area contributed by atoms with Gasteiger partial charge in [-0.3, -0.25) is 23.5 Å². The van der Waals surface area contributed by atoms with E-state index in [0.717, 1.165) is 11.0 Å². The zero-order chi connectivity index (χ0) is 27.9. The summed E-state index contributed by atoms with van der Waals surface area (Å²) in [7, 11) is 0. The number of nitrogens with zero attached hydrogens (tertiary/aromatic N) is 3. The molecular formula is C27H28FN7O4. The van der Waals surface area contributed by atoms with Gasteiger partial charge in [-0.05, 0) is 30.2 Å². The maximum absolute atomic E-state index is 14.3. The molecule has 12 heteroatoms. The number of rotatable bonds is 10. The number of unbranched alkanes of at least 4 members (excludes halogenated alkanes) is 1. The van der Waals surface area contributed by atoms with Crippen molar-refractivity contribution in [2.45, 2.75) is 39.3 Å². The highest BCUT2D eigenvalue weighted by Gasteiger charge is 2.20. The fourth-order valence-electron chi connectivity index (χ4n) is 3.96. The van der Waals surface area contributed by atoms with E-state index >= 15 is 0 Å². The number of anilines is 3. The first-order valence-electron chi connectivity index (χ1n) is 12.3. The number of H-pyrrole nitrogens is 1. The molecule has 0 bridgehead atoms. The first-order chi connectivity index (χ1) is 18.8. The Labute approximate surface area is 222 Å². The molecule has 2 aromatic carbocycles. The van der Waals surface area contributed by atoms with Gasteiger partial charge in [0.05, 0.1) is 19.3 Å². The summed E-state index contributed by atoms with van der Waals surface area (Å²) < 4.78 is 16.4. The SMILES string of the molecule is CCCCn1c(N)c(NC(=O)Cc2ccc(NC(=O)c3c[nH]cn3)cc2)c(=O)n(Cc2ccccc2F)c1=O. The monoisotopic (exact) mass is 533 g/mol. The Bertz CT molecular complexity index is 1590. The molecule has 0 aliphatic heterocycles. The lowest BCUT2D eigenvalue weighted by Gasteiger charge is -2.17. The normalized spacial score (nSPS) is 10.8. The van der Waals surface area contributed by atoms with E-state index in [4.69, 9.17) is 5.73 Å². The van der Waals surface area contributed by atoms with Crippen LogP contribution in [0.2, 0.25) is 0 Å². The molecule has 0 spiro atoms. The Kier molecular flexibility index (Phi) is 8.34. The van der Waals surface area contributed by atoms with Crippen LogP contribution in [0.25, 0.3) is 0 Å². The number of carbonyl (C=O) groups excluding carboxylic acids is 2. The fourth-order valence-corrected chi connectivity index (χ4v) is 3.96. The molecule has 4 rings (SSSR count). The molecule has 2 aromatic heterocycles. The molecule has 0 radical (unpaired) electrons. The highest BCUT2D eigenvalue weighted by molar-refractivity contribution is 6.02. The molecule has 0 saturated carbocycles. The van der Waals surface area contributed by atoms with Crippen molar-refractivity contribution in [3.05, 3.63) is 105 Å². The largest absolute Gasteiger partial charge is 0.383 e. The Balaban J connectivity index is 1.55. The van der Waals surface area contributed by atoms with E-state index in [9.17, 15) is 23.6 Å². The van der Waals surface area contributed by atoms with Gasteiger partial charge in [-0.1, -0.05) is 43.7 Å². The highest BCUT2D eigenvalue weighted by atomic mass is 19.1. The van der Waals surface area contributed by atoms with E-state index in [1.807, 2.05) is 6.92 Å². The number of carbonyl (C=O) groups is 2. The molecule has 5 N–H and O–H groups in total. The van der Waals surface area contributed by atoms with Crippen molar-refractivity contribution in [3.8, 4) is 0 Å². The average Bonchev–Trinajstić information content (AvgIpc) is 3.47. The van der Waals surface area contributed by atoms with Crippen LogP contribution < -0.4 is 27.6 Å². The fraction of sp³-hybridized carbons (Fsp3) is 0.222. The maximum Gasteiger partial charge on any atom is 0.332 e. The summed E-state index contributed by atoms with van der Waals surface area (Å²) in [5.74, 6) is -1.64. The number of hydrogen-bond acceptors (Lipinski definition) is 6. The minimum Gasteiger partial charge on any atom is -0.383 e. The number of nitrogens with two attached hydrogens (primary N) is 1. The van der Waals surface area contributed by atoms with E-state index in [1.165, 1.54) is 35.3 Å². The molecule has 0 saturated heterocycles. The van der Waals surface area contributed by atoms with Gasteiger partial charge in [0.1, 0.15) is 23.0 Å². The van der Waals surface area contributed by atoms with Gasteiger partial charge in [0.2, 0.25) is 5.91 Å². The van der Waals surface area contributed by atoms with Crippen LogP contribution in [0.3, 0.4) is 0 Å². The lowest BCUT2D eigenvalue weighted by molar-refractivity contribution is -0.115. The van der Waals surface area contributed by atoms with Crippen molar-refractivity contribution in [1.29, 1.82) is 0 Å². The van der Waals surface area contributed by atoms with Crippen LogP contribution >= 0.6 is 0 Å². The molecule has 39 heavy (non-hydrogen) atoms. The number of benzene rings is 2. The van der Waals surface area contributed by atoms with Crippen molar-refractivity contribution in [1.82, 2.24) is 19.1 Å². The lowest BCUT2D eigenvalue weighted by Crippen LogP contribution is -2.43. The highest BCUT2D eigenvalue weighted by Crippen LogP contribution is 2.16. The number of nitrogens with one attached hydrogen (secondary N) is 3. The summed E-state index contributed by atoms with van der Waals surface area (Å²) in [4.78, 5) is 58.0. The molecule has 0 unspecified atom stereocenters. The molecule has 4 aromatic rings. The summed E-state index contributed by atoms with van der Waals surface area (Å²) >= 11 is 0. The van der Waals surface area contributed by atoms with Crippen LogP contribution in [0.5, 0.6) is 0 Å². The quantitative estimate of drug-likeness (QED) is 0.246.